The second-order valence-corrected chi connectivity index (χ2v) is 5.59. The number of aromatic amines is 1. The van der Waals surface area contributed by atoms with E-state index in [0.29, 0.717) is 16.9 Å². The molecule has 1 aromatic carbocycles. The lowest BCUT2D eigenvalue weighted by Gasteiger charge is -2.26. The highest BCUT2D eigenvalue weighted by Crippen LogP contribution is 2.32. The number of benzene rings is 1. The summed E-state index contributed by atoms with van der Waals surface area (Å²) in [5.41, 5.74) is 0.663. The Morgan fingerprint density at radius 2 is 1.73 bits per heavy atom. The van der Waals surface area contributed by atoms with Gasteiger partial charge in [-0.15, -0.1) is 0 Å². The van der Waals surface area contributed by atoms with E-state index in [9.17, 15) is 4.79 Å². The lowest BCUT2D eigenvalue weighted by molar-refractivity contribution is 0.218. The van der Waals surface area contributed by atoms with Gasteiger partial charge in [0.25, 0.3) is 5.56 Å². The zero-order valence-electron chi connectivity index (χ0n) is 13.0. The number of aromatic nitrogens is 2. The van der Waals surface area contributed by atoms with Crippen molar-refractivity contribution in [1.29, 1.82) is 0 Å². The number of piperidine rings is 1. The molecule has 1 aliphatic heterocycles. The van der Waals surface area contributed by atoms with Gasteiger partial charge in [-0.3, -0.25) is 9.69 Å². The molecule has 1 aliphatic rings. The molecule has 0 unspecified atom stereocenters. The highest BCUT2D eigenvalue weighted by molar-refractivity contribution is 5.87. The molecule has 0 amide bonds. The SMILES string of the molecule is COc1cc2c(CN3CCCCC3)n[nH]c(=O)c2cc1OC. The molecule has 0 atom stereocenters. The minimum Gasteiger partial charge on any atom is -0.493 e. The Kier molecular flexibility index (Phi) is 4.29. The van der Waals surface area contributed by atoms with Crippen LogP contribution in [0.1, 0.15) is 25.0 Å². The van der Waals surface area contributed by atoms with Gasteiger partial charge >= 0.3 is 0 Å². The maximum Gasteiger partial charge on any atom is 0.272 e. The predicted octanol–water partition coefficient (Wildman–Crippen LogP) is 1.93. The number of methoxy groups -OCH3 is 2. The topological polar surface area (TPSA) is 67.5 Å². The van der Waals surface area contributed by atoms with Crippen LogP contribution in [0.25, 0.3) is 10.8 Å². The first-order chi connectivity index (χ1) is 10.7. The largest absolute Gasteiger partial charge is 0.493 e. The summed E-state index contributed by atoms with van der Waals surface area (Å²) in [5.74, 6) is 1.16. The van der Waals surface area contributed by atoms with Crippen molar-refractivity contribution in [2.24, 2.45) is 0 Å². The van der Waals surface area contributed by atoms with Crippen molar-refractivity contribution in [3.05, 3.63) is 28.2 Å². The van der Waals surface area contributed by atoms with Gasteiger partial charge in [-0.1, -0.05) is 6.42 Å². The Labute approximate surface area is 129 Å². The molecule has 1 fully saturated rings. The number of hydrogen-bond acceptors (Lipinski definition) is 5. The van der Waals surface area contributed by atoms with Crippen LogP contribution in [0.4, 0.5) is 0 Å². The first kappa shape index (κ1) is 14.8. The van der Waals surface area contributed by atoms with Crippen LogP contribution in [0.15, 0.2) is 16.9 Å². The van der Waals surface area contributed by atoms with Crippen LogP contribution in [-0.4, -0.2) is 42.4 Å². The van der Waals surface area contributed by atoms with Gasteiger partial charge in [-0.05, 0) is 38.1 Å². The fourth-order valence-electron chi connectivity index (χ4n) is 2.99. The highest BCUT2D eigenvalue weighted by atomic mass is 16.5. The van der Waals surface area contributed by atoms with E-state index in [0.717, 1.165) is 30.7 Å². The molecular weight excluding hydrogens is 282 g/mol. The maximum atomic E-state index is 12.1. The van der Waals surface area contributed by atoms with E-state index in [2.05, 4.69) is 15.1 Å². The molecule has 0 aliphatic carbocycles. The lowest BCUT2D eigenvalue weighted by Crippen LogP contribution is -2.30. The van der Waals surface area contributed by atoms with Crippen molar-refractivity contribution in [2.75, 3.05) is 27.3 Å². The molecule has 0 radical (unpaired) electrons. The van der Waals surface area contributed by atoms with E-state index in [4.69, 9.17) is 9.47 Å². The van der Waals surface area contributed by atoms with Crippen molar-refractivity contribution < 1.29 is 9.47 Å². The van der Waals surface area contributed by atoms with Crippen molar-refractivity contribution in [2.45, 2.75) is 25.8 Å². The molecule has 118 valence electrons. The number of H-pyrrole nitrogens is 1. The van der Waals surface area contributed by atoms with E-state index in [1.165, 1.54) is 19.3 Å². The number of nitrogens with zero attached hydrogens (tertiary/aromatic N) is 2. The van der Waals surface area contributed by atoms with Crippen LogP contribution in [-0.2, 0) is 6.54 Å². The zero-order valence-corrected chi connectivity index (χ0v) is 13.0. The van der Waals surface area contributed by atoms with E-state index in [1.54, 1.807) is 20.3 Å². The molecule has 0 saturated carbocycles. The Balaban J connectivity index is 2.06. The van der Waals surface area contributed by atoms with Crippen molar-refractivity contribution in [1.82, 2.24) is 15.1 Å². The van der Waals surface area contributed by atoms with Crippen LogP contribution in [0.3, 0.4) is 0 Å². The van der Waals surface area contributed by atoms with E-state index < -0.39 is 0 Å². The molecule has 1 aromatic heterocycles. The Morgan fingerprint density at radius 1 is 1.09 bits per heavy atom. The molecule has 3 rings (SSSR count). The first-order valence-electron chi connectivity index (χ1n) is 7.58. The molecule has 1 saturated heterocycles. The van der Waals surface area contributed by atoms with Gasteiger partial charge in [0.15, 0.2) is 11.5 Å². The Morgan fingerprint density at radius 3 is 2.36 bits per heavy atom. The van der Waals surface area contributed by atoms with Crippen molar-refractivity contribution in [3.63, 3.8) is 0 Å². The van der Waals surface area contributed by atoms with Crippen molar-refractivity contribution in [3.8, 4) is 11.5 Å². The summed E-state index contributed by atoms with van der Waals surface area (Å²) < 4.78 is 10.6. The summed E-state index contributed by atoms with van der Waals surface area (Å²) >= 11 is 0. The Hall–Kier alpha value is -2.08. The number of hydrogen-bond donors (Lipinski definition) is 1. The van der Waals surface area contributed by atoms with Crippen LogP contribution in [0.5, 0.6) is 11.5 Å². The predicted molar refractivity (Wildman–Crippen MR) is 84.6 cm³/mol. The third kappa shape index (κ3) is 2.78. The third-order valence-corrected chi connectivity index (χ3v) is 4.19. The van der Waals surface area contributed by atoms with Gasteiger partial charge in [0.2, 0.25) is 0 Å². The van der Waals surface area contributed by atoms with E-state index >= 15 is 0 Å². The number of likely N-dealkylation sites (tertiary alicyclic amines) is 1. The number of nitrogens with one attached hydrogen (secondary N) is 1. The van der Waals surface area contributed by atoms with Gasteiger partial charge < -0.3 is 9.47 Å². The van der Waals surface area contributed by atoms with Crippen molar-refractivity contribution >= 4 is 10.8 Å². The van der Waals surface area contributed by atoms with Gasteiger partial charge in [-0.25, -0.2) is 5.10 Å². The van der Waals surface area contributed by atoms with Crippen LogP contribution < -0.4 is 15.0 Å². The average molecular weight is 303 g/mol. The standard InChI is InChI=1S/C16H21N3O3/c1-21-14-8-11-12(9-15(14)22-2)16(20)18-17-13(11)10-19-6-4-3-5-7-19/h8-9H,3-7,10H2,1-2H3,(H,18,20). The van der Waals surface area contributed by atoms with Gasteiger partial charge in [0.1, 0.15) is 0 Å². The third-order valence-electron chi connectivity index (χ3n) is 4.19. The second kappa shape index (κ2) is 6.36. The summed E-state index contributed by atoms with van der Waals surface area (Å²) in [6.45, 7) is 2.90. The highest BCUT2D eigenvalue weighted by Gasteiger charge is 2.16. The summed E-state index contributed by atoms with van der Waals surface area (Å²) in [5, 5.41) is 8.26. The van der Waals surface area contributed by atoms with Gasteiger partial charge in [-0.2, -0.15) is 5.10 Å². The number of fused-ring (bicyclic) bond motifs is 1. The molecule has 0 spiro atoms. The molecule has 2 aromatic rings. The van der Waals surface area contributed by atoms with Crippen LogP contribution in [0.2, 0.25) is 0 Å². The average Bonchev–Trinajstić information content (AvgIpc) is 2.57. The quantitative estimate of drug-likeness (QED) is 0.934. The normalized spacial score (nSPS) is 15.9. The molecule has 22 heavy (non-hydrogen) atoms. The summed E-state index contributed by atoms with van der Waals surface area (Å²) in [4.78, 5) is 14.4. The summed E-state index contributed by atoms with van der Waals surface area (Å²) in [6, 6.07) is 3.56. The minimum atomic E-state index is -0.210. The fraction of sp³-hybridized carbons (Fsp3) is 0.500. The van der Waals surface area contributed by atoms with Crippen LogP contribution in [0, 0.1) is 0 Å². The van der Waals surface area contributed by atoms with E-state index in [-0.39, 0.29) is 5.56 Å². The lowest BCUT2D eigenvalue weighted by atomic mass is 10.1. The zero-order chi connectivity index (χ0) is 15.5. The monoisotopic (exact) mass is 303 g/mol. The molecule has 6 nitrogen and oxygen atoms in total. The number of ether oxygens (including phenoxy) is 2. The molecular formula is C16H21N3O3. The smallest absolute Gasteiger partial charge is 0.272 e. The molecule has 1 N–H and O–H groups in total. The minimum absolute atomic E-state index is 0.210. The first-order valence-corrected chi connectivity index (χ1v) is 7.58. The summed E-state index contributed by atoms with van der Waals surface area (Å²) in [6.07, 6.45) is 3.73. The Bertz CT molecular complexity index is 720. The molecule has 6 heteroatoms. The van der Waals surface area contributed by atoms with E-state index in [1.807, 2.05) is 6.07 Å². The maximum absolute atomic E-state index is 12.1. The van der Waals surface area contributed by atoms with Crippen LogP contribution >= 0.6 is 0 Å². The summed E-state index contributed by atoms with van der Waals surface area (Å²) in [7, 11) is 3.16. The van der Waals surface area contributed by atoms with Gasteiger partial charge in [0.05, 0.1) is 25.3 Å². The fourth-order valence-corrected chi connectivity index (χ4v) is 2.99. The molecule has 2 heterocycles. The number of rotatable bonds is 4. The molecule has 0 bridgehead atoms. The second-order valence-electron chi connectivity index (χ2n) is 5.59. The van der Waals surface area contributed by atoms with Gasteiger partial charge in [0, 0.05) is 11.9 Å².